The zero-order valence-electron chi connectivity index (χ0n) is 10.9. The third-order valence-corrected chi connectivity index (χ3v) is 3.91. The molecule has 2 atom stereocenters. The third kappa shape index (κ3) is 3.19. The van der Waals surface area contributed by atoms with E-state index in [4.69, 9.17) is 4.74 Å². The lowest BCUT2D eigenvalue weighted by molar-refractivity contribution is -0.133. The molecule has 0 radical (unpaired) electrons. The highest BCUT2D eigenvalue weighted by molar-refractivity contribution is 5.83. The number of carbonyl (C=O) groups is 1. The summed E-state index contributed by atoms with van der Waals surface area (Å²) in [5.41, 5.74) is -0.341. The van der Waals surface area contributed by atoms with Crippen LogP contribution in [0.4, 0.5) is 0 Å². The molecule has 17 heavy (non-hydrogen) atoms. The molecule has 1 aliphatic carbocycles. The van der Waals surface area contributed by atoms with Crippen LogP contribution >= 0.6 is 0 Å². The molecule has 2 unspecified atom stereocenters. The summed E-state index contributed by atoms with van der Waals surface area (Å²) in [4.78, 5) is 12.3. The molecule has 1 heterocycles. The second-order valence-corrected chi connectivity index (χ2v) is 5.69. The van der Waals surface area contributed by atoms with Crippen LogP contribution in [0.3, 0.4) is 0 Å². The molecule has 4 heteroatoms. The SMILES string of the molecule is COCC1(C(=O)NC(C)CC2CC2)CCNC1. The molecule has 2 rings (SSSR count). The molecule has 0 bridgehead atoms. The first kappa shape index (κ1) is 12.8. The summed E-state index contributed by atoms with van der Waals surface area (Å²) in [5.74, 6) is 1.02. The molecule has 0 aromatic carbocycles. The van der Waals surface area contributed by atoms with Gasteiger partial charge < -0.3 is 15.4 Å². The van der Waals surface area contributed by atoms with Gasteiger partial charge in [0.25, 0.3) is 0 Å². The van der Waals surface area contributed by atoms with E-state index in [1.165, 1.54) is 12.8 Å². The predicted molar refractivity (Wildman–Crippen MR) is 66.7 cm³/mol. The number of methoxy groups -OCH3 is 1. The average molecular weight is 240 g/mol. The van der Waals surface area contributed by atoms with Crippen molar-refractivity contribution in [3.8, 4) is 0 Å². The Balaban J connectivity index is 1.86. The first-order chi connectivity index (χ1) is 8.16. The van der Waals surface area contributed by atoms with Gasteiger partial charge in [0.15, 0.2) is 0 Å². The van der Waals surface area contributed by atoms with Crippen LogP contribution in [0.5, 0.6) is 0 Å². The number of ether oxygens (including phenoxy) is 1. The Labute approximate surface area is 103 Å². The first-order valence-corrected chi connectivity index (χ1v) is 6.67. The van der Waals surface area contributed by atoms with Crippen molar-refractivity contribution in [3.05, 3.63) is 0 Å². The van der Waals surface area contributed by atoms with Gasteiger partial charge in [-0.25, -0.2) is 0 Å². The fourth-order valence-corrected chi connectivity index (χ4v) is 2.69. The van der Waals surface area contributed by atoms with Crippen LogP contribution in [0.1, 0.15) is 32.6 Å². The monoisotopic (exact) mass is 240 g/mol. The smallest absolute Gasteiger partial charge is 0.230 e. The maximum absolute atomic E-state index is 12.3. The van der Waals surface area contributed by atoms with Crippen LogP contribution in [-0.4, -0.2) is 38.8 Å². The summed E-state index contributed by atoms with van der Waals surface area (Å²) < 4.78 is 5.22. The third-order valence-electron chi connectivity index (χ3n) is 3.91. The van der Waals surface area contributed by atoms with Crippen molar-refractivity contribution in [3.63, 3.8) is 0 Å². The Morgan fingerprint density at radius 3 is 2.88 bits per heavy atom. The van der Waals surface area contributed by atoms with Gasteiger partial charge in [0.05, 0.1) is 12.0 Å². The van der Waals surface area contributed by atoms with Crippen molar-refractivity contribution < 1.29 is 9.53 Å². The van der Waals surface area contributed by atoms with Gasteiger partial charge in [-0.2, -0.15) is 0 Å². The Bertz CT molecular complexity index is 271. The Hall–Kier alpha value is -0.610. The number of rotatable bonds is 6. The lowest BCUT2D eigenvalue weighted by atomic mass is 9.86. The molecule has 1 amide bonds. The molecule has 1 saturated carbocycles. The van der Waals surface area contributed by atoms with Gasteiger partial charge in [-0.3, -0.25) is 4.79 Å². The molecule has 0 spiro atoms. The largest absolute Gasteiger partial charge is 0.384 e. The highest BCUT2D eigenvalue weighted by atomic mass is 16.5. The maximum atomic E-state index is 12.3. The minimum Gasteiger partial charge on any atom is -0.384 e. The number of nitrogens with one attached hydrogen (secondary N) is 2. The van der Waals surface area contributed by atoms with Crippen molar-refractivity contribution in [1.29, 1.82) is 0 Å². The lowest BCUT2D eigenvalue weighted by Gasteiger charge is -2.28. The molecule has 4 nitrogen and oxygen atoms in total. The summed E-state index contributed by atoms with van der Waals surface area (Å²) in [7, 11) is 1.67. The van der Waals surface area contributed by atoms with Gasteiger partial charge >= 0.3 is 0 Å². The van der Waals surface area contributed by atoms with Crippen LogP contribution in [0.25, 0.3) is 0 Å². The van der Waals surface area contributed by atoms with E-state index in [-0.39, 0.29) is 11.3 Å². The number of hydrogen-bond acceptors (Lipinski definition) is 3. The van der Waals surface area contributed by atoms with Crippen molar-refractivity contribution in [1.82, 2.24) is 10.6 Å². The van der Waals surface area contributed by atoms with E-state index in [0.717, 1.165) is 31.8 Å². The molecule has 98 valence electrons. The fraction of sp³-hybridized carbons (Fsp3) is 0.923. The first-order valence-electron chi connectivity index (χ1n) is 6.67. The van der Waals surface area contributed by atoms with Crippen LogP contribution in [0.2, 0.25) is 0 Å². The van der Waals surface area contributed by atoms with Gasteiger partial charge in [0, 0.05) is 19.7 Å². The molecule has 0 aromatic heterocycles. The molecular formula is C13H24N2O2. The zero-order chi connectivity index (χ0) is 12.3. The second-order valence-electron chi connectivity index (χ2n) is 5.69. The second kappa shape index (κ2) is 5.36. The summed E-state index contributed by atoms with van der Waals surface area (Å²) in [6, 6.07) is 0.296. The number of amides is 1. The maximum Gasteiger partial charge on any atom is 0.230 e. The summed E-state index contributed by atoms with van der Waals surface area (Å²) >= 11 is 0. The van der Waals surface area contributed by atoms with E-state index < -0.39 is 0 Å². The van der Waals surface area contributed by atoms with Crippen molar-refractivity contribution in [2.75, 3.05) is 26.8 Å². The van der Waals surface area contributed by atoms with E-state index >= 15 is 0 Å². The van der Waals surface area contributed by atoms with Gasteiger partial charge in [-0.15, -0.1) is 0 Å². The predicted octanol–water partition coefficient (Wildman–Crippen LogP) is 0.917. The molecular weight excluding hydrogens is 216 g/mol. The van der Waals surface area contributed by atoms with Crippen LogP contribution in [0.15, 0.2) is 0 Å². The minimum atomic E-state index is -0.341. The number of hydrogen-bond donors (Lipinski definition) is 2. The quantitative estimate of drug-likeness (QED) is 0.726. The van der Waals surface area contributed by atoms with E-state index in [1.807, 2.05) is 0 Å². The van der Waals surface area contributed by atoms with Crippen molar-refractivity contribution in [2.45, 2.75) is 38.6 Å². The summed E-state index contributed by atoms with van der Waals surface area (Å²) in [5, 5.41) is 6.42. The Kier molecular flexibility index (Phi) is 4.05. The Morgan fingerprint density at radius 2 is 2.35 bits per heavy atom. The Morgan fingerprint density at radius 1 is 1.59 bits per heavy atom. The van der Waals surface area contributed by atoms with Gasteiger partial charge in [0.1, 0.15) is 0 Å². The zero-order valence-corrected chi connectivity index (χ0v) is 10.9. The van der Waals surface area contributed by atoms with Crippen LogP contribution < -0.4 is 10.6 Å². The van der Waals surface area contributed by atoms with Crippen LogP contribution in [-0.2, 0) is 9.53 Å². The van der Waals surface area contributed by atoms with Crippen LogP contribution in [0, 0.1) is 11.3 Å². The highest BCUT2D eigenvalue weighted by Gasteiger charge is 2.41. The van der Waals surface area contributed by atoms with E-state index in [2.05, 4.69) is 17.6 Å². The van der Waals surface area contributed by atoms with Crippen molar-refractivity contribution in [2.24, 2.45) is 11.3 Å². The van der Waals surface area contributed by atoms with E-state index in [9.17, 15) is 4.79 Å². The topological polar surface area (TPSA) is 50.4 Å². The number of carbonyl (C=O) groups excluding carboxylic acids is 1. The van der Waals surface area contributed by atoms with E-state index in [1.54, 1.807) is 7.11 Å². The molecule has 2 aliphatic rings. The molecule has 1 saturated heterocycles. The normalized spacial score (nSPS) is 30.2. The summed E-state index contributed by atoms with van der Waals surface area (Å²) in [6.07, 6.45) is 4.68. The average Bonchev–Trinajstić information content (AvgIpc) is 2.95. The fourth-order valence-electron chi connectivity index (χ4n) is 2.69. The standard InChI is InChI=1S/C13H24N2O2/c1-10(7-11-3-4-11)15-12(16)13(9-17-2)5-6-14-8-13/h10-11,14H,3-9H2,1-2H3,(H,15,16). The molecule has 2 N–H and O–H groups in total. The molecule has 2 fully saturated rings. The van der Waals surface area contributed by atoms with Gasteiger partial charge in [0.2, 0.25) is 5.91 Å². The molecule has 0 aromatic rings. The van der Waals surface area contributed by atoms with Gasteiger partial charge in [-0.1, -0.05) is 12.8 Å². The highest BCUT2D eigenvalue weighted by Crippen LogP contribution is 2.34. The molecule has 1 aliphatic heterocycles. The minimum absolute atomic E-state index is 0.164. The van der Waals surface area contributed by atoms with E-state index in [0.29, 0.717) is 12.6 Å². The summed E-state index contributed by atoms with van der Waals surface area (Å²) in [6.45, 7) is 4.28. The van der Waals surface area contributed by atoms with Crippen molar-refractivity contribution >= 4 is 5.91 Å². The lowest BCUT2D eigenvalue weighted by Crippen LogP contribution is -2.48. The van der Waals surface area contributed by atoms with Gasteiger partial charge in [-0.05, 0) is 32.2 Å².